The number of esters is 1. The zero-order chi connectivity index (χ0) is 22.2. The van der Waals surface area contributed by atoms with E-state index in [4.69, 9.17) is 14.2 Å². The number of rotatable bonds is 9. The van der Waals surface area contributed by atoms with Crippen LogP contribution in [-0.2, 0) is 16.0 Å². The van der Waals surface area contributed by atoms with Gasteiger partial charge in [0.25, 0.3) is 5.56 Å². The summed E-state index contributed by atoms with van der Waals surface area (Å²) in [6.45, 7) is 2.38. The number of hydrogen-bond acceptors (Lipinski definition) is 6. The molecular formula is C23H25N3O5. The molecule has 0 spiro atoms. The number of aliphatic imine (C=N–C) groups is 1. The van der Waals surface area contributed by atoms with Crippen molar-refractivity contribution in [1.29, 1.82) is 0 Å². The Labute approximate surface area is 180 Å². The van der Waals surface area contributed by atoms with Gasteiger partial charge in [0, 0.05) is 5.71 Å². The van der Waals surface area contributed by atoms with Crippen molar-refractivity contribution in [2.24, 2.45) is 4.99 Å². The molecule has 2 aromatic carbocycles. The molecule has 3 rings (SSSR count). The van der Waals surface area contributed by atoms with Gasteiger partial charge in [0.15, 0.2) is 11.5 Å². The minimum atomic E-state index is -0.449. The topological polar surface area (TPSA) is 94.9 Å². The maximum Gasteiger partial charge on any atom is 0.311 e. The molecule has 162 valence electrons. The molecule has 31 heavy (non-hydrogen) atoms. The first-order valence-corrected chi connectivity index (χ1v) is 9.78. The van der Waals surface area contributed by atoms with E-state index < -0.39 is 5.97 Å². The first-order valence-electron chi connectivity index (χ1n) is 9.78. The van der Waals surface area contributed by atoms with Gasteiger partial charge in [-0.1, -0.05) is 30.3 Å². The average molecular weight is 423 g/mol. The van der Waals surface area contributed by atoms with E-state index in [1.54, 1.807) is 26.2 Å². The van der Waals surface area contributed by atoms with Gasteiger partial charge < -0.3 is 14.2 Å². The van der Waals surface area contributed by atoms with Crippen LogP contribution in [-0.4, -0.2) is 48.8 Å². The van der Waals surface area contributed by atoms with Crippen molar-refractivity contribution in [3.8, 4) is 17.2 Å². The number of benzene rings is 2. The summed E-state index contributed by atoms with van der Waals surface area (Å²) in [5.41, 5.74) is 1.70. The quantitative estimate of drug-likeness (QED) is 0.324. The number of H-pyrrole nitrogens is 1. The summed E-state index contributed by atoms with van der Waals surface area (Å²) in [5, 5.41) is 3.02. The first kappa shape index (κ1) is 21.9. The molecule has 1 N–H and O–H groups in total. The Morgan fingerprint density at radius 2 is 1.71 bits per heavy atom. The van der Waals surface area contributed by atoms with Crippen LogP contribution in [0.2, 0.25) is 0 Å². The Morgan fingerprint density at radius 1 is 1.03 bits per heavy atom. The van der Waals surface area contributed by atoms with Gasteiger partial charge in [-0.05, 0) is 31.2 Å². The van der Waals surface area contributed by atoms with E-state index in [-0.39, 0.29) is 12.0 Å². The van der Waals surface area contributed by atoms with E-state index in [1.165, 1.54) is 11.8 Å². The largest absolute Gasteiger partial charge is 0.493 e. The summed E-state index contributed by atoms with van der Waals surface area (Å²) in [7, 11) is 2.89. The van der Waals surface area contributed by atoms with Gasteiger partial charge in [0.1, 0.15) is 6.61 Å². The number of nitrogens with zero attached hydrogens (tertiary/aromatic N) is 2. The molecule has 0 aliphatic carbocycles. The Bertz CT molecular complexity index is 1120. The van der Waals surface area contributed by atoms with E-state index in [0.717, 1.165) is 0 Å². The fourth-order valence-electron chi connectivity index (χ4n) is 3.14. The van der Waals surface area contributed by atoms with Crippen molar-refractivity contribution in [3.05, 3.63) is 76.2 Å². The highest BCUT2D eigenvalue weighted by molar-refractivity contribution is 6.00. The monoisotopic (exact) mass is 423 g/mol. The van der Waals surface area contributed by atoms with E-state index in [2.05, 4.69) is 10.1 Å². The van der Waals surface area contributed by atoms with Crippen molar-refractivity contribution in [2.75, 3.05) is 27.4 Å². The minimum Gasteiger partial charge on any atom is -0.493 e. The molecule has 8 heteroatoms. The smallest absolute Gasteiger partial charge is 0.311 e. The average Bonchev–Trinajstić information content (AvgIpc) is 3.12. The summed E-state index contributed by atoms with van der Waals surface area (Å²) in [4.78, 5) is 29.4. The van der Waals surface area contributed by atoms with Crippen LogP contribution in [0.15, 0.2) is 64.4 Å². The van der Waals surface area contributed by atoms with Crippen LogP contribution < -0.4 is 15.0 Å². The Kier molecular flexibility index (Phi) is 7.26. The highest BCUT2D eigenvalue weighted by Gasteiger charge is 2.20. The lowest BCUT2D eigenvalue weighted by Gasteiger charge is -2.09. The van der Waals surface area contributed by atoms with Crippen LogP contribution in [0.5, 0.6) is 11.5 Å². The van der Waals surface area contributed by atoms with E-state index in [1.807, 2.05) is 42.5 Å². The fraction of sp³-hybridized carbons (Fsp3) is 0.261. The van der Waals surface area contributed by atoms with Crippen molar-refractivity contribution in [3.63, 3.8) is 0 Å². The number of hydrogen-bond donors (Lipinski definition) is 1. The molecule has 1 heterocycles. The standard InChI is InChI=1S/C23H25N3O5/c1-16(24-13-14-31-20-12-8-7-11-19(20)29-2)22-18(15-21(27)30-3)25-26(23(22)28)17-9-5-4-6-10-17/h4-12,25H,13-15H2,1-3H3. The summed E-state index contributed by atoms with van der Waals surface area (Å²) in [5.74, 6) is 0.812. The number of methoxy groups -OCH3 is 2. The van der Waals surface area contributed by atoms with Gasteiger partial charge in [-0.3, -0.25) is 19.7 Å². The van der Waals surface area contributed by atoms with Gasteiger partial charge in [-0.15, -0.1) is 0 Å². The molecule has 0 aliphatic heterocycles. The highest BCUT2D eigenvalue weighted by Crippen LogP contribution is 2.25. The third kappa shape index (κ3) is 5.22. The molecule has 0 radical (unpaired) electrons. The molecule has 0 fully saturated rings. The van der Waals surface area contributed by atoms with Crippen LogP contribution >= 0.6 is 0 Å². The zero-order valence-corrected chi connectivity index (χ0v) is 17.8. The summed E-state index contributed by atoms with van der Waals surface area (Å²) < 4.78 is 17.2. The van der Waals surface area contributed by atoms with Crippen LogP contribution in [0, 0.1) is 0 Å². The lowest BCUT2D eigenvalue weighted by Crippen LogP contribution is -2.20. The van der Waals surface area contributed by atoms with Gasteiger partial charge in [0.05, 0.1) is 44.1 Å². The number of carbonyl (C=O) groups excluding carboxylic acids is 1. The number of aromatic nitrogens is 2. The minimum absolute atomic E-state index is 0.0640. The predicted octanol–water partition coefficient (Wildman–Crippen LogP) is 2.78. The van der Waals surface area contributed by atoms with E-state index in [0.29, 0.717) is 47.3 Å². The third-order valence-corrected chi connectivity index (χ3v) is 4.66. The molecule has 0 bridgehead atoms. The SMILES string of the molecule is COC(=O)Cc1[nH]n(-c2ccccc2)c(=O)c1C(C)=NCCOc1ccccc1OC. The molecule has 0 unspecified atom stereocenters. The number of nitrogens with one attached hydrogen (secondary N) is 1. The van der Waals surface area contributed by atoms with Crippen LogP contribution in [0.25, 0.3) is 5.69 Å². The number of aromatic amines is 1. The zero-order valence-electron chi connectivity index (χ0n) is 17.8. The molecule has 0 aliphatic rings. The molecule has 0 saturated carbocycles. The normalized spacial score (nSPS) is 11.3. The second kappa shape index (κ2) is 10.3. The van der Waals surface area contributed by atoms with Crippen LogP contribution in [0.3, 0.4) is 0 Å². The molecule has 3 aromatic rings. The molecule has 0 saturated heterocycles. The first-order chi connectivity index (χ1) is 15.0. The number of para-hydroxylation sites is 3. The molecule has 8 nitrogen and oxygen atoms in total. The molecule has 1 aromatic heterocycles. The van der Waals surface area contributed by atoms with Crippen molar-refractivity contribution in [1.82, 2.24) is 9.78 Å². The Balaban J connectivity index is 1.82. The molecular weight excluding hydrogens is 398 g/mol. The van der Waals surface area contributed by atoms with E-state index in [9.17, 15) is 9.59 Å². The summed E-state index contributed by atoms with van der Waals surface area (Å²) >= 11 is 0. The van der Waals surface area contributed by atoms with Crippen molar-refractivity contribution >= 4 is 11.7 Å². The van der Waals surface area contributed by atoms with E-state index >= 15 is 0 Å². The molecule has 0 atom stereocenters. The number of ether oxygens (including phenoxy) is 3. The van der Waals surface area contributed by atoms with Crippen molar-refractivity contribution in [2.45, 2.75) is 13.3 Å². The third-order valence-electron chi connectivity index (χ3n) is 4.66. The van der Waals surface area contributed by atoms with Gasteiger partial charge in [-0.2, -0.15) is 0 Å². The van der Waals surface area contributed by atoms with Crippen LogP contribution in [0.4, 0.5) is 0 Å². The predicted molar refractivity (Wildman–Crippen MR) is 118 cm³/mol. The second-order valence-corrected chi connectivity index (χ2v) is 6.66. The molecule has 0 amide bonds. The lowest BCUT2D eigenvalue weighted by atomic mass is 10.1. The fourth-order valence-corrected chi connectivity index (χ4v) is 3.14. The van der Waals surface area contributed by atoms with Gasteiger partial charge in [0.2, 0.25) is 0 Å². The highest BCUT2D eigenvalue weighted by atomic mass is 16.5. The van der Waals surface area contributed by atoms with Gasteiger partial charge in [-0.25, -0.2) is 4.68 Å². The van der Waals surface area contributed by atoms with Gasteiger partial charge >= 0.3 is 5.97 Å². The summed E-state index contributed by atoms with van der Waals surface area (Å²) in [6, 6.07) is 16.5. The lowest BCUT2D eigenvalue weighted by molar-refractivity contribution is -0.139. The second-order valence-electron chi connectivity index (χ2n) is 6.66. The van der Waals surface area contributed by atoms with Crippen LogP contribution in [0.1, 0.15) is 18.2 Å². The summed E-state index contributed by atoms with van der Waals surface area (Å²) in [6.07, 6.45) is -0.0640. The van der Waals surface area contributed by atoms with Crippen molar-refractivity contribution < 1.29 is 19.0 Å². The maximum atomic E-state index is 13.1. The maximum absolute atomic E-state index is 13.1. The number of carbonyl (C=O) groups is 1. The Morgan fingerprint density at radius 3 is 2.39 bits per heavy atom. The Hall–Kier alpha value is -3.81.